The van der Waals surface area contributed by atoms with E-state index >= 15 is 0 Å². The van der Waals surface area contributed by atoms with Gasteiger partial charge in [-0.1, -0.05) is 54.1 Å². The van der Waals surface area contributed by atoms with Crippen molar-refractivity contribution in [3.05, 3.63) is 88.9 Å². The fourth-order valence-corrected chi connectivity index (χ4v) is 3.37. The molecule has 5 nitrogen and oxygen atoms in total. The third-order valence-corrected chi connectivity index (χ3v) is 4.85. The highest BCUT2D eigenvalue weighted by atomic mass is 35.5. The average molecular weight is 392 g/mol. The molecule has 0 saturated carbocycles. The lowest BCUT2D eigenvalue weighted by molar-refractivity contribution is 0.0916. The van der Waals surface area contributed by atoms with E-state index in [1.807, 2.05) is 48.5 Å². The maximum Gasteiger partial charge on any atom is 0.251 e. The summed E-state index contributed by atoms with van der Waals surface area (Å²) in [4.78, 5) is 12.8. The van der Waals surface area contributed by atoms with Gasteiger partial charge < -0.3 is 10.4 Å². The van der Waals surface area contributed by atoms with Crippen LogP contribution in [0.4, 0.5) is 0 Å². The molecular formula is C22H18ClN3O2. The molecule has 140 valence electrons. The first-order valence-electron chi connectivity index (χ1n) is 8.86. The zero-order chi connectivity index (χ0) is 19.5. The minimum absolute atomic E-state index is 0.227. The number of hydrogen-bond acceptors (Lipinski definition) is 3. The molecule has 3 aromatic carbocycles. The number of fused-ring (bicyclic) bond motifs is 1. The standard InChI is InChI=1S/C22H18ClN3O2/c23-17-8-4-7-15(11-17)20(13-27)24-22(28)16-9-10-19-18(12-16)21(26-25-19)14-5-2-1-3-6-14/h1-12,20,27H,13H2,(H,24,28)(H,25,26). The van der Waals surface area contributed by atoms with Crippen molar-refractivity contribution < 1.29 is 9.90 Å². The minimum Gasteiger partial charge on any atom is -0.394 e. The van der Waals surface area contributed by atoms with Gasteiger partial charge in [0, 0.05) is 21.5 Å². The molecular weight excluding hydrogens is 374 g/mol. The number of aliphatic hydroxyl groups is 1. The van der Waals surface area contributed by atoms with Crippen molar-refractivity contribution in [2.24, 2.45) is 0 Å². The van der Waals surface area contributed by atoms with Gasteiger partial charge >= 0.3 is 0 Å². The van der Waals surface area contributed by atoms with Gasteiger partial charge in [0.25, 0.3) is 5.91 Å². The molecule has 0 aliphatic carbocycles. The van der Waals surface area contributed by atoms with Crippen LogP contribution in [0.1, 0.15) is 22.0 Å². The number of benzene rings is 3. The van der Waals surface area contributed by atoms with Crippen LogP contribution in [0.5, 0.6) is 0 Å². The van der Waals surface area contributed by atoms with Gasteiger partial charge in [-0.3, -0.25) is 9.89 Å². The van der Waals surface area contributed by atoms with Crippen LogP contribution in [0.3, 0.4) is 0 Å². The molecule has 0 spiro atoms. The van der Waals surface area contributed by atoms with E-state index in [1.54, 1.807) is 24.3 Å². The van der Waals surface area contributed by atoms with Gasteiger partial charge in [-0.15, -0.1) is 0 Å². The largest absolute Gasteiger partial charge is 0.394 e. The number of rotatable bonds is 5. The second-order valence-corrected chi connectivity index (χ2v) is 6.90. The van der Waals surface area contributed by atoms with Crippen molar-refractivity contribution in [1.82, 2.24) is 15.5 Å². The highest BCUT2D eigenvalue weighted by Crippen LogP contribution is 2.27. The summed E-state index contributed by atoms with van der Waals surface area (Å²) in [5.41, 5.74) is 3.85. The van der Waals surface area contributed by atoms with Crippen LogP contribution in [0.15, 0.2) is 72.8 Å². The van der Waals surface area contributed by atoms with Crippen LogP contribution in [0, 0.1) is 0 Å². The van der Waals surface area contributed by atoms with Crippen molar-refractivity contribution >= 4 is 28.4 Å². The molecule has 28 heavy (non-hydrogen) atoms. The number of amides is 1. The van der Waals surface area contributed by atoms with E-state index in [0.29, 0.717) is 10.6 Å². The van der Waals surface area contributed by atoms with Crippen molar-refractivity contribution in [2.75, 3.05) is 6.61 Å². The Kier molecular flexibility index (Phi) is 5.10. The lowest BCUT2D eigenvalue weighted by atomic mass is 10.0. The molecule has 4 aromatic rings. The Hall–Kier alpha value is -3.15. The number of halogens is 1. The first kappa shape index (κ1) is 18.2. The second kappa shape index (κ2) is 7.84. The summed E-state index contributed by atoms with van der Waals surface area (Å²) in [6.07, 6.45) is 0. The summed E-state index contributed by atoms with van der Waals surface area (Å²) in [5.74, 6) is -0.277. The molecule has 4 rings (SSSR count). The SMILES string of the molecule is O=C(NC(CO)c1cccc(Cl)c1)c1ccc2[nH]nc(-c3ccccc3)c2c1. The number of hydrogen-bond donors (Lipinski definition) is 3. The van der Waals surface area contributed by atoms with E-state index in [0.717, 1.165) is 27.7 Å². The summed E-state index contributed by atoms with van der Waals surface area (Å²) >= 11 is 6.02. The summed E-state index contributed by atoms with van der Waals surface area (Å²) in [6.45, 7) is -0.227. The number of carbonyl (C=O) groups excluding carboxylic acids is 1. The van der Waals surface area contributed by atoms with Crippen molar-refractivity contribution in [3.8, 4) is 11.3 Å². The summed E-state index contributed by atoms with van der Waals surface area (Å²) in [6, 6.07) is 21.7. The van der Waals surface area contributed by atoms with E-state index in [4.69, 9.17) is 11.6 Å². The van der Waals surface area contributed by atoms with Gasteiger partial charge in [0.05, 0.1) is 23.9 Å². The fourth-order valence-electron chi connectivity index (χ4n) is 3.17. The predicted octanol–water partition coefficient (Wildman–Crippen LogP) is 4.35. The summed E-state index contributed by atoms with van der Waals surface area (Å²) in [5, 5.41) is 21.4. The maximum atomic E-state index is 12.8. The van der Waals surface area contributed by atoms with E-state index in [1.165, 1.54) is 0 Å². The molecule has 1 amide bonds. The Morgan fingerprint density at radius 2 is 1.89 bits per heavy atom. The number of aromatic nitrogens is 2. The van der Waals surface area contributed by atoms with Crippen LogP contribution in [-0.4, -0.2) is 27.8 Å². The third kappa shape index (κ3) is 3.63. The monoisotopic (exact) mass is 391 g/mol. The van der Waals surface area contributed by atoms with E-state index in [-0.39, 0.29) is 12.5 Å². The van der Waals surface area contributed by atoms with Gasteiger partial charge in [-0.05, 0) is 35.9 Å². The quantitative estimate of drug-likeness (QED) is 0.473. The Morgan fingerprint density at radius 3 is 2.64 bits per heavy atom. The van der Waals surface area contributed by atoms with Gasteiger partial charge in [0.15, 0.2) is 0 Å². The van der Waals surface area contributed by atoms with E-state index < -0.39 is 6.04 Å². The Balaban J connectivity index is 1.64. The molecule has 0 aliphatic heterocycles. The number of H-pyrrole nitrogens is 1. The number of aliphatic hydroxyl groups excluding tert-OH is 1. The van der Waals surface area contributed by atoms with Crippen LogP contribution >= 0.6 is 11.6 Å². The maximum absolute atomic E-state index is 12.8. The smallest absolute Gasteiger partial charge is 0.251 e. The number of nitrogens with zero attached hydrogens (tertiary/aromatic N) is 1. The van der Waals surface area contributed by atoms with Crippen LogP contribution in [0.25, 0.3) is 22.2 Å². The summed E-state index contributed by atoms with van der Waals surface area (Å²) in [7, 11) is 0. The van der Waals surface area contributed by atoms with Gasteiger partial charge in [0.2, 0.25) is 0 Å². The topological polar surface area (TPSA) is 78.0 Å². The van der Waals surface area contributed by atoms with E-state index in [9.17, 15) is 9.90 Å². The first-order valence-corrected chi connectivity index (χ1v) is 9.24. The fraction of sp³-hybridized carbons (Fsp3) is 0.0909. The molecule has 1 atom stereocenters. The molecule has 1 aromatic heterocycles. The highest BCUT2D eigenvalue weighted by Gasteiger charge is 2.17. The normalized spacial score (nSPS) is 12.1. The Bertz CT molecular complexity index is 1130. The van der Waals surface area contributed by atoms with Crippen LogP contribution < -0.4 is 5.32 Å². The van der Waals surface area contributed by atoms with Crippen molar-refractivity contribution in [3.63, 3.8) is 0 Å². The molecule has 0 radical (unpaired) electrons. The summed E-state index contributed by atoms with van der Waals surface area (Å²) < 4.78 is 0. The van der Waals surface area contributed by atoms with Gasteiger partial charge in [-0.25, -0.2) is 0 Å². The predicted molar refractivity (Wildman–Crippen MR) is 110 cm³/mol. The molecule has 6 heteroatoms. The number of nitrogens with one attached hydrogen (secondary N) is 2. The molecule has 0 bridgehead atoms. The lowest BCUT2D eigenvalue weighted by Crippen LogP contribution is -2.30. The molecule has 0 fully saturated rings. The second-order valence-electron chi connectivity index (χ2n) is 6.46. The number of carbonyl (C=O) groups is 1. The zero-order valence-corrected chi connectivity index (χ0v) is 15.6. The molecule has 0 aliphatic rings. The molecule has 0 saturated heterocycles. The minimum atomic E-state index is -0.542. The lowest BCUT2D eigenvalue weighted by Gasteiger charge is -2.17. The Morgan fingerprint density at radius 1 is 1.07 bits per heavy atom. The van der Waals surface area contributed by atoms with Gasteiger partial charge in [0.1, 0.15) is 0 Å². The molecule has 1 unspecified atom stereocenters. The molecule has 1 heterocycles. The zero-order valence-electron chi connectivity index (χ0n) is 14.9. The molecule has 3 N–H and O–H groups in total. The third-order valence-electron chi connectivity index (χ3n) is 4.61. The van der Waals surface area contributed by atoms with Crippen molar-refractivity contribution in [2.45, 2.75) is 6.04 Å². The number of aromatic amines is 1. The van der Waals surface area contributed by atoms with Crippen molar-refractivity contribution in [1.29, 1.82) is 0 Å². The van der Waals surface area contributed by atoms with Crippen LogP contribution in [0.2, 0.25) is 5.02 Å². The Labute approximate surface area is 167 Å². The first-order chi connectivity index (χ1) is 13.7. The van der Waals surface area contributed by atoms with E-state index in [2.05, 4.69) is 15.5 Å². The average Bonchev–Trinajstić information content (AvgIpc) is 3.15. The van der Waals surface area contributed by atoms with Gasteiger partial charge in [-0.2, -0.15) is 5.10 Å². The highest BCUT2D eigenvalue weighted by molar-refractivity contribution is 6.30. The van der Waals surface area contributed by atoms with Crippen LogP contribution in [-0.2, 0) is 0 Å².